The third-order valence-corrected chi connectivity index (χ3v) is 4.92. The molecule has 0 saturated carbocycles. The lowest BCUT2D eigenvalue weighted by molar-refractivity contribution is -0.137. The van der Waals surface area contributed by atoms with Gasteiger partial charge in [0, 0.05) is 18.2 Å². The van der Waals surface area contributed by atoms with Crippen molar-refractivity contribution in [3.05, 3.63) is 75.4 Å². The summed E-state index contributed by atoms with van der Waals surface area (Å²) >= 11 is 1.48. The molecule has 3 aromatic rings. The number of nitrogens with one attached hydrogen (secondary N) is 1. The molecule has 2 heterocycles. The predicted octanol–water partition coefficient (Wildman–Crippen LogP) is 3.98. The lowest BCUT2D eigenvalue weighted by atomic mass is 10.1. The summed E-state index contributed by atoms with van der Waals surface area (Å²) in [5.41, 5.74) is -0.698. The Morgan fingerprint density at radius 1 is 1.21 bits per heavy atom. The summed E-state index contributed by atoms with van der Waals surface area (Å²) < 4.78 is 39.6. The molecule has 1 N–H and O–H groups in total. The van der Waals surface area contributed by atoms with Crippen LogP contribution in [0.3, 0.4) is 0 Å². The maximum absolute atomic E-state index is 12.8. The van der Waals surface area contributed by atoms with Crippen LogP contribution in [0, 0.1) is 0 Å². The molecule has 9 heteroatoms. The number of hydrogen-bond donors (Lipinski definition) is 1. The molecule has 0 fully saturated rings. The number of carbonyl (C=O) groups excluding carboxylic acids is 1. The fourth-order valence-electron chi connectivity index (χ4n) is 2.56. The molecule has 1 amide bonds. The Balaban J connectivity index is 1.72. The van der Waals surface area contributed by atoms with E-state index in [0.29, 0.717) is 5.69 Å². The number of benzene rings is 1. The zero-order chi connectivity index (χ0) is 20.3. The third-order valence-electron chi connectivity index (χ3n) is 4.03. The molecule has 5 nitrogen and oxygen atoms in total. The highest BCUT2D eigenvalue weighted by atomic mass is 32.1. The maximum atomic E-state index is 12.8. The van der Waals surface area contributed by atoms with E-state index in [2.05, 4.69) is 10.4 Å². The zero-order valence-corrected chi connectivity index (χ0v) is 15.6. The van der Waals surface area contributed by atoms with Gasteiger partial charge in [-0.25, -0.2) is 4.68 Å². The number of rotatable bonds is 5. The normalized spacial score (nSPS) is 12.6. The van der Waals surface area contributed by atoms with E-state index >= 15 is 0 Å². The number of alkyl halides is 3. The summed E-state index contributed by atoms with van der Waals surface area (Å²) in [6.45, 7) is 1.73. The molecule has 0 radical (unpaired) electrons. The first-order chi connectivity index (χ1) is 13.3. The van der Waals surface area contributed by atoms with E-state index in [4.69, 9.17) is 0 Å². The Hall–Kier alpha value is -2.94. The van der Waals surface area contributed by atoms with Crippen molar-refractivity contribution in [1.82, 2.24) is 15.1 Å². The molecular weight excluding hydrogens is 391 g/mol. The molecule has 0 spiro atoms. The zero-order valence-electron chi connectivity index (χ0n) is 14.7. The quantitative estimate of drug-likeness (QED) is 0.696. The Labute approximate surface area is 162 Å². The second-order valence-electron chi connectivity index (χ2n) is 6.12. The molecule has 1 unspecified atom stereocenters. The van der Waals surface area contributed by atoms with E-state index in [1.165, 1.54) is 34.2 Å². The number of nitrogens with zero attached hydrogens (tertiary/aromatic N) is 2. The highest BCUT2D eigenvalue weighted by Crippen LogP contribution is 2.29. The molecule has 28 heavy (non-hydrogen) atoms. The largest absolute Gasteiger partial charge is 0.416 e. The van der Waals surface area contributed by atoms with Crippen LogP contribution in [0.25, 0.3) is 10.6 Å². The van der Waals surface area contributed by atoms with Gasteiger partial charge in [-0.05, 0) is 42.6 Å². The van der Waals surface area contributed by atoms with Gasteiger partial charge in [0.25, 0.3) is 11.5 Å². The van der Waals surface area contributed by atoms with Crippen molar-refractivity contribution in [2.24, 2.45) is 0 Å². The van der Waals surface area contributed by atoms with Crippen LogP contribution in [0.5, 0.6) is 0 Å². The van der Waals surface area contributed by atoms with Crippen LogP contribution in [-0.4, -0.2) is 22.2 Å². The van der Waals surface area contributed by atoms with Crippen molar-refractivity contribution in [2.75, 3.05) is 6.54 Å². The van der Waals surface area contributed by atoms with Crippen molar-refractivity contribution in [3.63, 3.8) is 0 Å². The number of aromatic nitrogens is 2. The standard InChI is InChI=1S/C19H16F3N3O2S/c1-12(25-17(26)8-7-15(24-25)16-6-3-9-28-16)11-23-18(27)13-4-2-5-14(10-13)19(20,21)22/h2-10,12H,11H2,1H3,(H,23,27). The monoisotopic (exact) mass is 407 g/mol. The molecule has 0 aliphatic rings. The molecule has 1 atom stereocenters. The first kappa shape index (κ1) is 19.8. The molecule has 0 aliphatic heterocycles. The highest BCUT2D eigenvalue weighted by molar-refractivity contribution is 7.13. The Bertz CT molecular complexity index is 1030. The van der Waals surface area contributed by atoms with Crippen molar-refractivity contribution in [1.29, 1.82) is 0 Å². The molecule has 2 aromatic heterocycles. The Morgan fingerprint density at radius 2 is 2.00 bits per heavy atom. The van der Waals surface area contributed by atoms with Crippen LogP contribution in [0.2, 0.25) is 0 Å². The second kappa shape index (κ2) is 7.97. The first-order valence-corrected chi connectivity index (χ1v) is 9.23. The maximum Gasteiger partial charge on any atom is 0.416 e. The van der Waals surface area contributed by atoms with E-state index in [0.717, 1.165) is 17.0 Å². The van der Waals surface area contributed by atoms with Gasteiger partial charge in [0.2, 0.25) is 0 Å². The van der Waals surface area contributed by atoms with Crippen LogP contribution in [0.15, 0.2) is 58.7 Å². The van der Waals surface area contributed by atoms with Gasteiger partial charge in [0.05, 0.1) is 16.5 Å². The highest BCUT2D eigenvalue weighted by Gasteiger charge is 2.30. The van der Waals surface area contributed by atoms with Gasteiger partial charge in [-0.2, -0.15) is 18.3 Å². The average Bonchev–Trinajstić information content (AvgIpc) is 3.20. The minimum Gasteiger partial charge on any atom is -0.350 e. The smallest absolute Gasteiger partial charge is 0.350 e. The Morgan fingerprint density at radius 3 is 2.68 bits per heavy atom. The van der Waals surface area contributed by atoms with Gasteiger partial charge >= 0.3 is 6.18 Å². The van der Waals surface area contributed by atoms with E-state index in [1.807, 2.05) is 17.5 Å². The topological polar surface area (TPSA) is 64.0 Å². The number of halogens is 3. The Kier molecular flexibility index (Phi) is 5.64. The van der Waals surface area contributed by atoms with Crippen molar-refractivity contribution in [3.8, 4) is 10.6 Å². The molecule has 1 aromatic carbocycles. The van der Waals surface area contributed by atoms with E-state index in [1.54, 1.807) is 13.0 Å². The number of amides is 1. The van der Waals surface area contributed by atoms with E-state index in [-0.39, 0.29) is 17.7 Å². The summed E-state index contributed by atoms with van der Waals surface area (Å²) in [5.74, 6) is -0.652. The van der Waals surface area contributed by atoms with Gasteiger partial charge in [-0.3, -0.25) is 9.59 Å². The van der Waals surface area contributed by atoms with Gasteiger partial charge < -0.3 is 5.32 Å². The summed E-state index contributed by atoms with van der Waals surface area (Å²) in [5, 5.41) is 8.77. The van der Waals surface area contributed by atoms with Crippen molar-refractivity contribution in [2.45, 2.75) is 19.1 Å². The van der Waals surface area contributed by atoms with Crippen molar-refractivity contribution < 1.29 is 18.0 Å². The fraction of sp³-hybridized carbons (Fsp3) is 0.211. The number of hydrogen-bond acceptors (Lipinski definition) is 4. The van der Waals surface area contributed by atoms with Crippen LogP contribution in [0.1, 0.15) is 28.9 Å². The minimum atomic E-state index is -4.52. The first-order valence-electron chi connectivity index (χ1n) is 8.35. The molecule has 0 saturated heterocycles. The lowest BCUT2D eigenvalue weighted by Crippen LogP contribution is -2.35. The summed E-state index contributed by atoms with van der Waals surface area (Å²) in [6, 6.07) is 10.5. The summed E-state index contributed by atoms with van der Waals surface area (Å²) in [6.07, 6.45) is -4.52. The average molecular weight is 407 g/mol. The van der Waals surface area contributed by atoms with E-state index < -0.39 is 23.7 Å². The van der Waals surface area contributed by atoms with Gasteiger partial charge in [0.15, 0.2) is 0 Å². The van der Waals surface area contributed by atoms with Crippen LogP contribution < -0.4 is 10.9 Å². The van der Waals surface area contributed by atoms with E-state index in [9.17, 15) is 22.8 Å². The molecular formula is C19H16F3N3O2S. The van der Waals surface area contributed by atoms with Gasteiger partial charge in [-0.15, -0.1) is 11.3 Å². The second-order valence-corrected chi connectivity index (χ2v) is 7.06. The van der Waals surface area contributed by atoms with Crippen molar-refractivity contribution >= 4 is 17.2 Å². The molecule has 146 valence electrons. The summed E-state index contributed by atoms with van der Waals surface area (Å²) in [4.78, 5) is 25.2. The molecule has 3 rings (SSSR count). The number of carbonyl (C=O) groups is 1. The third kappa shape index (κ3) is 4.48. The SMILES string of the molecule is CC(CNC(=O)c1cccc(C(F)(F)F)c1)n1nc(-c2cccs2)ccc1=O. The lowest BCUT2D eigenvalue weighted by Gasteiger charge is -2.16. The van der Waals surface area contributed by atoms with Crippen LogP contribution in [0.4, 0.5) is 13.2 Å². The molecule has 0 bridgehead atoms. The molecule has 0 aliphatic carbocycles. The van der Waals surface area contributed by atoms with Crippen LogP contribution >= 0.6 is 11.3 Å². The predicted molar refractivity (Wildman–Crippen MR) is 100 cm³/mol. The fourth-order valence-corrected chi connectivity index (χ4v) is 3.25. The van der Waals surface area contributed by atoms with Gasteiger partial charge in [0.1, 0.15) is 5.69 Å². The summed E-state index contributed by atoms with van der Waals surface area (Å²) in [7, 11) is 0. The van der Waals surface area contributed by atoms with Gasteiger partial charge in [-0.1, -0.05) is 12.1 Å². The van der Waals surface area contributed by atoms with Crippen LogP contribution in [-0.2, 0) is 6.18 Å². The number of thiophene rings is 1. The minimum absolute atomic E-state index is 0.0376.